The van der Waals surface area contributed by atoms with Crippen molar-refractivity contribution < 1.29 is 24.2 Å². The summed E-state index contributed by atoms with van der Waals surface area (Å²) in [7, 11) is 0. The van der Waals surface area contributed by atoms with E-state index < -0.39 is 17.3 Å². The summed E-state index contributed by atoms with van der Waals surface area (Å²) in [5, 5.41) is 11.0. The van der Waals surface area contributed by atoms with Crippen LogP contribution in [0.2, 0.25) is 0 Å². The van der Waals surface area contributed by atoms with E-state index in [1.54, 1.807) is 24.3 Å². The van der Waals surface area contributed by atoms with Gasteiger partial charge < -0.3 is 9.84 Å². The normalized spacial score (nSPS) is 21.5. The quantitative estimate of drug-likeness (QED) is 0.527. The number of aliphatic hydroxyl groups excluding tert-OH is 1. The van der Waals surface area contributed by atoms with Gasteiger partial charge in [0.25, 0.3) is 0 Å². The van der Waals surface area contributed by atoms with Crippen molar-refractivity contribution in [2.75, 3.05) is 0 Å². The Hall–Kier alpha value is -3.21. The Morgan fingerprint density at radius 3 is 2.00 bits per heavy atom. The third-order valence-corrected chi connectivity index (χ3v) is 6.74. The first-order valence-electron chi connectivity index (χ1n) is 11.8. The number of carbonyl (C=O) groups excluding carboxylic acids is 3. The fraction of sp³-hybridized carbons (Fsp3) is 0.414. The summed E-state index contributed by atoms with van der Waals surface area (Å²) in [4.78, 5) is 40.0. The minimum absolute atomic E-state index is 0.0222. The van der Waals surface area contributed by atoms with Crippen LogP contribution in [0.4, 0.5) is 0 Å². The maximum absolute atomic E-state index is 13.3. The third-order valence-electron chi connectivity index (χ3n) is 6.74. The van der Waals surface area contributed by atoms with Gasteiger partial charge in [0, 0.05) is 37.2 Å². The van der Waals surface area contributed by atoms with Crippen molar-refractivity contribution in [3.63, 3.8) is 0 Å². The molecule has 1 atom stereocenters. The Kier molecular flexibility index (Phi) is 6.24. The monoisotopic (exact) mass is 460 g/mol. The molecule has 2 aliphatic rings. The number of allylic oxidation sites excluding steroid dienone is 2. The van der Waals surface area contributed by atoms with Crippen molar-refractivity contribution in [1.82, 2.24) is 0 Å². The molecule has 0 radical (unpaired) electrons. The van der Waals surface area contributed by atoms with E-state index in [0.717, 1.165) is 0 Å². The topological polar surface area (TPSA) is 80.7 Å². The molecule has 2 aromatic rings. The number of Topliss-reactive ketones (excluding diaryl/α,β-unsaturated/α-hetero) is 3. The highest BCUT2D eigenvalue weighted by Crippen LogP contribution is 2.47. The average Bonchev–Trinajstić information content (AvgIpc) is 2.71. The van der Waals surface area contributed by atoms with Crippen LogP contribution in [0, 0.1) is 16.7 Å². The molecule has 5 heteroatoms. The summed E-state index contributed by atoms with van der Waals surface area (Å²) in [5.74, 6) is -1.24. The first-order chi connectivity index (χ1) is 16.0. The van der Waals surface area contributed by atoms with E-state index in [2.05, 4.69) is 0 Å². The standard InChI is InChI=1S/C29H32O5/c1-28(2)14-21(30)26(22(31)15-28)25(27-23(32)16-29(3,4)17-24(27)33)18-9-8-12-20(13-18)34-19-10-6-5-7-11-19/h5-13,25-26,32H,14-17H2,1-4H3. The highest BCUT2D eigenvalue weighted by molar-refractivity contribution is 6.09. The van der Waals surface area contributed by atoms with Crippen molar-refractivity contribution in [3.05, 3.63) is 71.5 Å². The Balaban J connectivity index is 1.81. The molecule has 1 N–H and O–H groups in total. The molecule has 178 valence electrons. The molecule has 1 saturated carbocycles. The van der Waals surface area contributed by atoms with Gasteiger partial charge >= 0.3 is 0 Å². The lowest BCUT2D eigenvalue weighted by atomic mass is 9.62. The molecule has 0 saturated heterocycles. The van der Waals surface area contributed by atoms with Crippen molar-refractivity contribution in [2.24, 2.45) is 16.7 Å². The average molecular weight is 461 g/mol. The zero-order valence-electron chi connectivity index (χ0n) is 20.3. The van der Waals surface area contributed by atoms with Crippen molar-refractivity contribution in [2.45, 2.75) is 59.3 Å². The van der Waals surface area contributed by atoms with Crippen LogP contribution in [-0.2, 0) is 14.4 Å². The smallest absolute Gasteiger partial charge is 0.163 e. The van der Waals surface area contributed by atoms with Crippen molar-refractivity contribution in [1.29, 1.82) is 0 Å². The zero-order valence-corrected chi connectivity index (χ0v) is 20.3. The minimum atomic E-state index is -0.998. The van der Waals surface area contributed by atoms with Crippen LogP contribution in [0.3, 0.4) is 0 Å². The van der Waals surface area contributed by atoms with Gasteiger partial charge in [-0.1, -0.05) is 58.0 Å². The number of benzene rings is 2. The Morgan fingerprint density at radius 2 is 1.38 bits per heavy atom. The van der Waals surface area contributed by atoms with Crippen molar-refractivity contribution >= 4 is 17.3 Å². The van der Waals surface area contributed by atoms with Gasteiger partial charge in [-0.15, -0.1) is 0 Å². The first kappa shape index (κ1) is 23.9. The van der Waals surface area contributed by atoms with E-state index in [-0.39, 0.29) is 53.4 Å². The number of carbonyl (C=O) groups is 3. The molecule has 4 rings (SSSR count). The molecule has 1 fully saturated rings. The van der Waals surface area contributed by atoms with Gasteiger partial charge in [0.1, 0.15) is 28.8 Å². The Bertz CT molecular complexity index is 1140. The SMILES string of the molecule is CC1(C)CC(=O)C(C(C2=C(O)CC(C)(C)CC2=O)c2cccc(Oc3ccccc3)c2)C(=O)C1. The van der Waals surface area contributed by atoms with E-state index >= 15 is 0 Å². The number of aliphatic hydroxyl groups is 1. The van der Waals surface area contributed by atoms with E-state index in [9.17, 15) is 19.5 Å². The van der Waals surface area contributed by atoms with Crippen LogP contribution in [0.15, 0.2) is 65.9 Å². The maximum atomic E-state index is 13.3. The molecule has 0 aromatic heterocycles. The second kappa shape index (κ2) is 8.86. The van der Waals surface area contributed by atoms with Crippen LogP contribution in [0.1, 0.15) is 64.9 Å². The molecule has 5 nitrogen and oxygen atoms in total. The van der Waals surface area contributed by atoms with Crippen LogP contribution >= 0.6 is 0 Å². The second-order valence-electron chi connectivity index (χ2n) is 11.2. The zero-order chi connectivity index (χ0) is 24.7. The van der Waals surface area contributed by atoms with Gasteiger partial charge in [-0.2, -0.15) is 0 Å². The molecule has 0 amide bonds. The molecule has 1 unspecified atom stereocenters. The van der Waals surface area contributed by atoms with Gasteiger partial charge in [-0.3, -0.25) is 14.4 Å². The molecule has 2 aliphatic carbocycles. The molecule has 0 aliphatic heterocycles. The summed E-state index contributed by atoms with van der Waals surface area (Å²) < 4.78 is 5.98. The predicted molar refractivity (Wildman–Crippen MR) is 130 cm³/mol. The van der Waals surface area contributed by atoms with E-state index in [0.29, 0.717) is 23.5 Å². The molecule has 2 aromatic carbocycles. The summed E-state index contributed by atoms with van der Waals surface area (Å²) in [6.07, 6.45) is 1.09. The van der Waals surface area contributed by atoms with E-state index in [4.69, 9.17) is 4.74 Å². The Morgan fingerprint density at radius 1 is 0.794 bits per heavy atom. The van der Waals surface area contributed by atoms with Gasteiger partial charge in [0.15, 0.2) is 5.78 Å². The molecular formula is C29H32O5. The number of hydrogen-bond donors (Lipinski definition) is 1. The summed E-state index contributed by atoms with van der Waals surface area (Å²) in [5.41, 5.74) is 0.0236. The number of ketones is 3. The van der Waals surface area contributed by atoms with Crippen molar-refractivity contribution in [3.8, 4) is 11.5 Å². The highest BCUT2D eigenvalue weighted by Gasteiger charge is 2.48. The van der Waals surface area contributed by atoms with Gasteiger partial charge in [-0.05, 0) is 40.7 Å². The molecule has 34 heavy (non-hydrogen) atoms. The fourth-order valence-corrected chi connectivity index (χ4v) is 5.35. The van der Waals surface area contributed by atoms with Crippen LogP contribution < -0.4 is 4.74 Å². The Labute approximate surface area is 200 Å². The lowest BCUT2D eigenvalue weighted by Crippen LogP contribution is -2.43. The lowest BCUT2D eigenvalue weighted by Gasteiger charge is -2.39. The number of ether oxygens (including phenoxy) is 1. The molecule has 0 bridgehead atoms. The third kappa shape index (κ3) is 4.98. The highest BCUT2D eigenvalue weighted by atomic mass is 16.5. The summed E-state index contributed by atoms with van der Waals surface area (Å²) in [6, 6.07) is 16.5. The van der Waals surface area contributed by atoms with E-state index in [1.807, 2.05) is 58.0 Å². The molecular weight excluding hydrogens is 428 g/mol. The fourth-order valence-electron chi connectivity index (χ4n) is 5.35. The first-order valence-corrected chi connectivity index (χ1v) is 11.8. The predicted octanol–water partition coefficient (Wildman–Crippen LogP) is 6.34. The van der Waals surface area contributed by atoms with Crippen LogP contribution in [0.25, 0.3) is 0 Å². The number of hydrogen-bond acceptors (Lipinski definition) is 5. The van der Waals surface area contributed by atoms with Crippen LogP contribution in [-0.4, -0.2) is 22.5 Å². The lowest BCUT2D eigenvalue weighted by molar-refractivity contribution is -0.140. The van der Waals surface area contributed by atoms with E-state index in [1.165, 1.54) is 0 Å². The van der Waals surface area contributed by atoms with Gasteiger partial charge in [-0.25, -0.2) is 0 Å². The second-order valence-corrected chi connectivity index (χ2v) is 11.2. The van der Waals surface area contributed by atoms with Crippen LogP contribution in [0.5, 0.6) is 11.5 Å². The largest absolute Gasteiger partial charge is 0.512 e. The summed E-state index contributed by atoms with van der Waals surface area (Å²) >= 11 is 0. The number of rotatable bonds is 5. The minimum Gasteiger partial charge on any atom is -0.512 e. The van der Waals surface area contributed by atoms with Gasteiger partial charge in [0.2, 0.25) is 0 Å². The molecule has 0 heterocycles. The number of para-hydroxylation sites is 1. The maximum Gasteiger partial charge on any atom is 0.163 e. The molecule has 0 spiro atoms. The summed E-state index contributed by atoms with van der Waals surface area (Å²) in [6.45, 7) is 7.68. The van der Waals surface area contributed by atoms with Gasteiger partial charge in [0.05, 0.1) is 5.92 Å².